The third-order valence-electron chi connectivity index (χ3n) is 5.19. The average molecular weight is 694 g/mol. The summed E-state index contributed by atoms with van der Waals surface area (Å²) in [5, 5.41) is 12.8. The van der Waals surface area contributed by atoms with Crippen LogP contribution in [-0.2, 0) is 25.9 Å². The van der Waals surface area contributed by atoms with Gasteiger partial charge in [-0.1, -0.05) is 71.5 Å². The molecule has 35 heavy (non-hydrogen) atoms. The molecule has 0 fully saturated rings. The Balaban J connectivity index is 0.000000320. The topological polar surface area (TPSA) is 50.2 Å². The second-order valence-corrected chi connectivity index (χ2v) is 12.0. The van der Waals surface area contributed by atoms with E-state index in [9.17, 15) is 4.79 Å². The third kappa shape index (κ3) is 5.49. The predicted molar refractivity (Wildman–Crippen MR) is 143 cm³/mol. The molecule has 2 aliphatic rings. The molecule has 7 heteroatoms. The average Bonchev–Trinajstić information content (AvgIpc) is 2.83. The first-order valence-corrected chi connectivity index (χ1v) is 13.7. The first-order valence-electron chi connectivity index (χ1n) is 10.7. The molecule has 3 nitrogen and oxygen atoms in total. The van der Waals surface area contributed by atoms with Crippen molar-refractivity contribution in [1.82, 2.24) is 4.98 Å². The molecule has 1 unspecified atom stereocenters. The fraction of sp³-hybridized carbons (Fsp3) is 0.0714. The summed E-state index contributed by atoms with van der Waals surface area (Å²) in [6.45, 7) is 2.85. The smallest absolute Gasteiger partial charge is 0.155 e. The van der Waals surface area contributed by atoms with Crippen molar-refractivity contribution in [2.75, 3.05) is 0 Å². The van der Waals surface area contributed by atoms with Crippen LogP contribution in [-0.4, -0.2) is 15.9 Å². The van der Waals surface area contributed by atoms with E-state index in [4.69, 9.17) is 5.11 Å². The Hall–Kier alpha value is -2.16. The van der Waals surface area contributed by atoms with Crippen LogP contribution in [0.25, 0.3) is 11.3 Å². The van der Waals surface area contributed by atoms with Crippen molar-refractivity contribution >= 4 is 53.1 Å². The number of allylic oxidation sites excluding steroid dienone is 2. The quantitative estimate of drug-likeness (QED) is 0.100. The Morgan fingerprint density at radius 2 is 1.54 bits per heavy atom. The van der Waals surface area contributed by atoms with Crippen LogP contribution < -0.4 is 15.9 Å². The summed E-state index contributed by atoms with van der Waals surface area (Å²) >= 11 is 3.74. The van der Waals surface area contributed by atoms with Crippen LogP contribution in [0.4, 0.5) is 0 Å². The van der Waals surface area contributed by atoms with Crippen LogP contribution in [0.1, 0.15) is 13.8 Å². The van der Waals surface area contributed by atoms with Gasteiger partial charge in [0.15, 0.2) is 5.78 Å². The molecule has 3 heterocycles. The van der Waals surface area contributed by atoms with Gasteiger partial charge in [0.25, 0.3) is 0 Å². The number of aliphatic hydroxyl groups is 1. The summed E-state index contributed by atoms with van der Waals surface area (Å²) in [4.78, 5) is 19.9. The number of hydrogen-bond donors (Lipinski definition) is 1. The molecule has 1 N–H and O–H groups in total. The fourth-order valence-electron chi connectivity index (χ4n) is 3.90. The first-order chi connectivity index (χ1) is 16.5. The number of aliphatic hydroxyl groups excluding tert-OH is 1. The molecule has 0 saturated carbocycles. The molecule has 178 valence electrons. The first kappa shape index (κ1) is 25.9. The van der Waals surface area contributed by atoms with Gasteiger partial charge in [0.05, 0.1) is 5.76 Å². The summed E-state index contributed by atoms with van der Waals surface area (Å²) in [5.41, 5.74) is 2.07. The van der Waals surface area contributed by atoms with Gasteiger partial charge < -0.3 is 10.1 Å². The van der Waals surface area contributed by atoms with Crippen LogP contribution in [0.15, 0.2) is 110 Å². The van der Waals surface area contributed by atoms with Crippen LogP contribution in [0.3, 0.4) is 0 Å². The molecule has 0 spiro atoms. The number of pyridine rings is 1. The maximum absolute atomic E-state index is 10.0. The van der Waals surface area contributed by atoms with Crippen molar-refractivity contribution in [3.05, 3.63) is 96.9 Å². The Morgan fingerprint density at radius 1 is 0.914 bits per heavy atom. The molecule has 0 bridgehead atoms. The van der Waals surface area contributed by atoms with Crippen LogP contribution in [0.2, 0.25) is 0 Å². The van der Waals surface area contributed by atoms with Crippen molar-refractivity contribution in [3.63, 3.8) is 0 Å². The summed E-state index contributed by atoms with van der Waals surface area (Å²) in [5.74, 6) is -0.0625. The van der Waals surface area contributed by atoms with Gasteiger partial charge in [0, 0.05) is 43.1 Å². The molecule has 0 saturated heterocycles. The predicted octanol–water partition coefficient (Wildman–Crippen LogP) is 6.27. The standard InChI is InChI=1S/C23H13NPS2.C5H8O2.Pt/c1-3-10-19-17(8-1)25-18-9-2-4-11-20(18)27-22-14-15(13-21(26-19)23(22)25)16-7-5-6-12-24-16;1-4(6)3-5(2)7;/h1-13H;3,6H,1-2H3;/q-1;;/b;4-3-;. The van der Waals surface area contributed by atoms with Gasteiger partial charge in [0.2, 0.25) is 0 Å². The molecule has 0 aliphatic carbocycles. The van der Waals surface area contributed by atoms with Crippen molar-refractivity contribution in [1.29, 1.82) is 0 Å². The third-order valence-corrected chi connectivity index (χ3v) is 10.7. The van der Waals surface area contributed by atoms with Crippen molar-refractivity contribution in [2.24, 2.45) is 0 Å². The number of aromatic nitrogens is 1. The molecular formula is C28H21NO2PPtS2-. The van der Waals surface area contributed by atoms with Crippen LogP contribution in [0.5, 0.6) is 0 Å². The SMILES string of the molecule is CC(=O)/C=C(/C)O.[Pt].[c-]1c(-c2ccccn2)cc2c3c1Sc1ccccc1P3c1ccccc1S2. The minimum atomic E-state index is -0.526. The van der Waals surface area contributed by atoms with E-state index in [0.29, 0.717) is 0 Å². The minimum absolute atomic E-state index is 0. The number of carbonyl (C=O) groups is 1. The molecule has 3 aromatic carbocycles. The molecule has 4 aromatic rings. The number of rotatable bonds is 2. The largest absolute Gasteiger partial charge is 0.512 e. The van der Waals surface area contributed by atoms with E-state index < -0.39 is 7.92 Å². The Kier molecular flexibility index (Phi) is 8.34. The van der Waals surface area contributed by atoms with Gasteiger partial charge in [-0.3, -0.25) is 4.79 Å². The number of ketones is 1. The second-order valence-electron chi connectivity index (χ2n) is 7.81. The Labute approximate surface area is 229 Å². The number of nitrogens with zero attached hydrogens (tertiary/aromatic N) is 1. The van der Waals surface area contributed by atoms with Crippen LogP contribution >= 0.6 is 31.4 Å². The number of hydrogen-bond acceptors (Lipinski definition) is 5. The Morgan fingerprint density at radius 3 is 2.11 bits per heavy atom. The number of benzene rings is 3. The van der Waals surface area contributed by atoms with Gasteiger partial charge in [-0.15, -0.1) is 41.2 Å². The van der Waals surface area contributed by atoms with Crippen molar-refractivity contribution < 1.29 is 31.0 Å². The van der Waals surface area contributed by atoms with Gasteiger partial charge in [-0.2, -0.15) is 0 Å². The molecule has 6 rings (SSSR count). The molecular weight excluding hydrogens is 672 g/mol. The van der Waals surface area contributed by atoms with E-state index in [2.05, 4.69) is 71.7 Å². The fourth-order valence-corrected chi connectivity index (χ4v) is 9.79. The van der Waals surface area contributed by atoms with Gasteiger partial charge in [-0.05, 0) is 48.3 Å². The van der Waals surface area contributed by atoms with Gasteiger partial charge >= 0.3 is 0 Å². The zero-order valence-corrected chi connectivity index (χ0v) is 23.8. The Bertz CT molecular complexity index is 1350. The van der Waals surface area contributed by atoms with E-state index in [1.165, 1.54) is 55.4 Å². The summed E-state index contributed by atoms with van der Waals surface area (Å²) < 4.78 is 0. The molecule has 1 atom stereocenters. The summed E-state index contributed by atoms with van der Waals surface area (Å²) in [7, 11) is -0.526. The van der Waals surface area contributed by atoms with E-state index in [1.54, 1.807) is 0 Å². The van der Waals surface area contributed by atoms with E-state index in [1.807, 2.05) is 41.9 Å². The van der Waals surface area contributed by atoms with E-state index in [-0.39, 0.29) is 32.6 Å². The normalized spacial score (nSPS) is 14.8. The van der Waals surface area contributed by atoms with Crippen LogP contribution in [0, 0.1) is 6.07 Å². The monoisotopic (exact) mass is 693 g/mol. The van der Waals surface area contributed by atoms with Gasteiger partial charge in [-0.25, -0.2) is 0 Å². The molecule has 2 aliphatic heterocycles. The number of carbonyl (C=O) groups excluding carboxylic acids is 1. The zero-order valence-electron chi connectivity index (χ0n) is 19.0. The maximum Gasteiger partial charge on any atom is 0.155 e. The zero-order chi connectivity index (χ0) is 23.7. The number of fused-ring (bicyclic) bond motifs is 4. The van der Waals surface area contributed by atoms with E-state index >= 15 is 0 Å². The van der Waals surface area contributed by atoms with Crippen molar-refractivity contribution in [2.45, 2.75) is 33.4 Å². The molecule has 0 radical (unpaired) electrons. The van der Waals surface area contributed by atoms with Gasteiger partial charge in [0.1, 0.15) is 0 Å². The maximum atomic E-state index is 10.0. The summed E-state index contributed by atoms with van der Waals surface area (Å²) in [6.07, 6.45) is 3.02. The van der Waals surface area contributed by atoms with E-state index in [0.717, 1.165) is 11.3 Å². The molecule has 1 aromatic heterocycles. The minimum Gasteiger partial charge on any atom is -0.512 e. The molecule has 0 amide bonds. The summed E-state index contributed by atoms with van der Waals surface area (Å²) in [6, 6.07) is 29.8. The van der Waals surface area contributed by atoms with Crippen molar-refractivity contribution in [3.8, 4) is 11.3 Å². The second kappa shape index (κ2) is 11.3.